The van der Waals surface area contributed by atoms with E-state index in [1.807, 2.05) is 12.1 Å². The summed E-state index contributed by atoms with van der Waals surface area (Å²) < 4.78 is 0. The number of nitrogens with one attached hydrogen (secondary N) is 2. The number of carbonyl (C=O) groups is 2. The number of carbonyl (C=O) groups excluding carboxylic acids is 2. The van der Waals surface area contributed by atoms with E-state index in [0.29, 0.717) is 30.1 Å². The molecule has 0 aromatic heterocycles. The van der Waals surface area contributed by atoms with Crippen molar-refractivity contribution in [3.8, 4) is 0 Å². The van der Waals surface area contributed by atoms with Crippen LogP contribution in [-0.4, -0.2) is 17.9 Å². The molecule has 0 aliphatic heterocycles. The lowest BCUT2D eigenvalue weighted by Crippen LogP contribution is -2.27. The van der Waals surface area contributed by atoms with Gasteiger partial charge in [-0.15, -0.1) is 0 Å². The molecule has 0 bridgehead atoms. The molecule has 4 nitrogen and oxygen atoms in total. The Morgan fingerprint density at radius 3 is 2.56 bits per heavy atom. The topological polar surface area (TPSA) is 58.2 Å². The summed E-state index contributed by atoms with van der Waals surface area (Å²) in [7, 11) is 0. The average Bonchev–Trinajstić information content (AvgIpc) is 3.38. The van der Waals surface area contributed by atoms with E-state index in [1.54, 1.807) is 12.1 Å². The summed E-state index contributed by atoms with van der Waals surface area (Å²) in [5, 5.41) is 5.85. The van der Waals surface area contributed by atoms with Crippen molar-refractivity contribution in [1.29, 1.82) is 0 Å². The smallest absolute Gasteiger partial charge is 0.253 e. The van der Waals surface area contributed by atoms with E-state index in [-0.39, 0.29) is 11.8 Å². The van der Waals surface area contributed by atoms with Gasteiger partial charge in [-0.25, -0.2) is 0 Å². The van der Waals surface area contributed by atoms with Gasteiger partial charge in [0.05, 0.1) is 11.3 Å². The van der Waals surface area contributed by atoms with Crippen LogP contribution in [0, 0.1) is 13.8 Å². The van der Waals surface area contributed by atoms with E-state index in [2.05, 4.69) is 42.7 Å². The normalized spacial score (nSPS) is 13.4. The average molecular weight is 336 g/mol. The molecule has 0 unspecified atom stereocenters. The summed E-state index contributed by atoms with van der Waals surface area (Å²) in [6.07, 6.45) is 3.16. The molecular weight excluding hydrogens is 312 g/mol. The minimum absolute atomic E-state index is 0.0772. The van der Waals surface area contributed by atoms with E-state index < -0.39 is 0 Å². The molecule has 4 heteroatoms. The van der Waals surface area contributed by atoms with Crippen LogP contribution in [0.4, 0.5) is 5.69 Å². The molecule has 1 aliphatic rings. The van der Waals surface area contributed by atoms with Crippen LogP contribution >= 0.6 is 0 Å². The Morgan fingerprint density at radius 2 is 1.84 bits per heavy atom. The van der Waals surface area contributed by atoms with Gasteiger partial charge in [-0.3, -0.25) is 9.59 Å². The van der Waals surface area contributed by atoms with E-state index in [9.17, 15) is 9.59 Å². The fourth-order valence-corrected chi connectivity index (χ4v) is 2.87. The predicted octanol–water partition coefficient (Wildman–Crippen LogP) is 3.77. The molecule has 0 spiro atoms. The van der Waals surface area contributed by atoms with Gasteiger partial charge in [-0.2, -0.15) is 0 Å². The highest BCUT2D eigenvalue weighted by Gasteiger charge is 2.24. The standard InChI is InChI=1S/C21H24N2O2/c1-14-7-8-16(15(2)13-14)9-12-20(24)23-19-6-4-3-5-18(19)21(25)22-17-10-11-17/h3-8,13,17H,9-12H2,1-2H3,(H,22,25)(H,23,24). The van der Waals surface area contributed by atoms with Gasteiger partial charge in [0.25, 0.3) is 5.91 Å². The first-order valence-electron chi connectivity index (χ1n) is 8.79. The number of aryl methyl sites for hydroxylation is 3. The maximum atomic E-state index is 12.3. The summed E-state index contributed by atoms with van der Waals surface area (Å²) in [5.74, 6) is -0.195. The fourth-order valence-electron chi connectivity index (χ4n) is 2.87. The van der Waals surface area contributed by atoms with Gasteiger partial charge in [-0.05, 0) is 56.4 Å². The monoisotopic (exact) mass is 336 g/mol. The Balaban J connectivity index is 1.61. The van der Waals surface area contributed by atoms with Gasteiger partial charge < -0.3 is 10.6 Å². The second-order valence-corrected chi connectivity index (χ2v) is 6.77. The van der Waals surface area contributed by atoms with Crippen molar-refractivity contribution < 1.29 is 9.59 Å². The lowest BCUT2D eigenvalue weighted by atomic mass is 10.0. The Morgan fingerprint density at radius 1 is 1.08 bits per heavy atom. The van der Waals surface area contributed by atoms with Crippen LogP contribution < -0.4 is 10.6 Å². The zero-order valence-corrected chi connectivity index (χ0v) is 14.8. The Hall–Kier alpha value is -2.62. The van der Waals surface area contributed by atoms with Gasteiger partial charge in [0, 0.05) is 12.5 Å². The molecule has 2 amide bonds. The molecule has 0 heterocycles. The summed E-state index contributed by atoms with van der Waals surface area (Å²) in [6, 6.07) is 13.7. The van der Waals surface area contributed by atoms with Crippen LogP contribution in [0.15, 0.2) is 42.5 Å². The summed E-state index contributed by atoms with van der Waals surface area (Å²) >= 11 is 0. The molecule has 130 valence electrons. The van der Waals surface area contributed by atoms with E-state index in [1.165, 1.54) is 16.7 Å². The first-order valence-corrected chi connectivity index (χ1v) is 8.79. The minimum atomic E-state index is -0.118. The highest BCUT2D eigenvalue weighted by atomic mass is 16.2. The predicted molar refractivity (Wildman–Crippen MR) is 99.8 cm³/mol. The molecule has 25 heavy (non-hydrogen) atoms. The molecule has 2 N–H and O–H groups in total. The fraction of sp³-hybridized carbons (Fsp3) is 0.333. The molecule has 1 saturated carbocycles. The summed E-state index contributed by atoms with van der Waals surface area (Å²) in [6.45, 7) is 4.13. The maximum Gasteiger partial charge on any atom is 0.253 e. The second kappa shape index (κ2) is 7.51. The highest BCUT2D eigenvalue weighted by Crippen LogP contribution is 2.22. The van der Waals surface area contributed by atoms with Crippen molar-refractivity contribution in [3.05, 3.63) is 64.7 Å². The number of amides is 2. The third-order valence-electron chi connectivity index (χ3n) is 4.48. The Kier molecular flexibility index (Phi) is 5.17. The van der Waals surface area contributed by atoms with Crippen molar-refractivity contribution >= 4 is 17.5 Å². The summed E-state index contributed by atoms with van der Waals surface area (Å²) in [4.78, 5) is 24.6. The van der Waals surface area contributed by atoms with Crippen LogP contribution in [0.1, 0.15) is 46.3 Å². The van der Waals surface area contributed by atoms with Crippen LogP contribution in [0.2, 0.25) is 0 Å². The molecule has 0 atom stereocenters. The van der Waals surface area contributed by atoms with Gasteiger partial charge in [-0.1, -0.05) is 35.9 Å². The van der Waals surface area contributed by atoms with Gasteiger partial charge in [0.15, 0.2) is 0 Å². The van der Waals surface area contributed by atoms with Crippen molar-refractivity contribution in [1.82, 2.24) is 5.32 Å². The van der Waals surface area contributed by atoms with Crippen LogP contribution in [-0.2, 0) is 11.2 Å². The Labute approximate surface area is 148 Å². The third-order valence-corrected chi connectivity index (χ3v) is 4.48. The SMILES string of the molecule is Cc1ccc(CCC(=O)Nc2ccccc2C(=O)NC2CC2)c(C)c1. The van der Waals surface area contributed by atoms with Gasteiger partial charge in [0.2, 0.25) is 5.91 Å². The third kappa shape index (κ3) is 4.69. The first kappa shape index (κ1) is 17.2. The second-order valence-electron chi connectivity index (χ2n) is 6.77. The van der Waals surface area contributed by atoms with E-state index in [4.69, 9.17) is 0 Å². The van der Waals surface area contributed by atoms with E-state index >= 15 is 0 Å². The summed E-state index contributed by atoms with van der Waals surface area (Å²) in [5.41, 5.74) is 4.71. The largest absolute Gasteiger partial charge is 0.349 e. The van der Waals surface area contributed by atoms with Crippen LogP contribution in [0.25, 0.3) is 0 Å². The number of anilines is 1. The maximum absolute atomic E-state index is 12.3. The molecular formula is C21H24N2O2. The zero-order valence-electron chi connectivity index (χ0n) is 14.8. The van der Waals surface area contributed by atoms with Gasteiger partial charge in [0.1, 0.15) is 0 Å². The number of hydrogen-bond acceptors (Lipinski definition) is 2. The van der Waals surface area contributed by atoms with Crippen molar-refractivity contribution in [3.63, 3.8) is 0 Å². The van der Waals surface area contributed by atoms with Crippen molar-refractivity contribution in [2.75, 3.05) is 5.32 Å². The number of rotatable bonds is 6. The quantitative estimate of drug-likeness (QED) is 0.844. The first-order chi connectivity index (χ1) is 12.0. The molecule has 1 aliphatic carbocycles. The van der Waals surface area contributed by atoms with E-state index in [0.717, 1.165) is 12.8 Å². The lowest BCUT2D eigenvalue weighted by molar-refractivity contribution is -0.116. The molecule has 1 fully saturated rings. The van der Waals surface area contributed by atoms with Crippen molar-refractivity contribution in [2.45, 2.75) is 45.6 Å². The number of para-hydroxylation sites is 1. The minimum Gasteiger partial charge on any atom is -0.349 e. The van der Waals surface area contributed by atoms with Crippen molar-refractivity contribution in [2.24, 2.45) is 0 Å². The Bertz CT molecular complexity index is 794. The molecule has 0 saturated heterocycles. The number of hydrogen-bond donors (Lipinski definition) is 2. The zero-order chi connectivity index (χ0) is 17.8. The van der Waals surface area contributed by atoms with Gasteiger partial charge >= 0.3 is 0 Å². The molecule has 2 aromatic rings. The molecule has 3 rings (SSSR count). The lowest BCUT2D eigenvalue weighted by Gasteiger charge is -2.12. The molecule has 2 aromatic carbocycles. The molecule has 0 radical (unpaired) electrons. The van der Waals surface area contributed by atoms with Crippen LogP contribution in [0.5, 0.6) is 0 Å². The number of benzene rings is 2. The van der Waals surface area contributed by atoms with Crippen LogP contribution in [0.3, 0.4) is 0 Å². The highest BCUT2D eigenvalue weighted by molar-refractivity contribution is 6.03.